The minimum absolute atomic E-state index is 0.330. The summed E-state index contributed by atoms with van der Waals surface area (Å²) in [5.74, 6) is 0.357. The fourth-order valence-corrected chi connectivity index (χ4v) is 2.28. The van der Waals surface area contributed by atoms with Crippen molar-refractivity contribution in [1.82, 2.24) is 0 Å². The molecule has 1 fully saturated rings. The first-order valence-electron chi connectivity index (χ1n) is 5.48. The molecule has 1 aliphatic rings. The van der Waals surface area contributed by atoms with Crippen LogP contribution in [0.3, 0.4) is 0 Å². The van der Waals surface area contributed by atoms with E-state index in [9.17, 15) is 4.79 Å². The Kier molecular flexibility index (Phi) is 2.73. The van der Waals surface area contributed by atoms with Crippen LogP contribution in [0.4, 0.5) is 0 Å². The fourth-order valence-electron chi connectivity index (χ4n) is 2.28. The normalized spacial score (nSPS) is 26.4. The second-order valence-electron chi connectivity index (χ2n) is 4.58. The van der Waals surface area contributed by atoms with E-state index in [-0.39, 0.29) is 11.3 Å². The number of hydrogen-bond donors (Lipinski definition) is 1. The zero-order chi connectivity index (χ0) is 12.6. The zero-order valence-electron chi connectivity index (χ0n) is 10.2. The largest absolute Gasteiger partial charge is 0.497 e. The number of carbonyl (C=O) groups is 1. The van der Waals surface area contributed by atoms with Crippen molar-refractivity contribution in [3.05, 3.63) is 23.8 Å². The highest BCUT2D eigenvalue weighted by Crippen LogP contribution is 2.56. The van der Waals surface area contributed by atoms with Crippen LogP contribution in [0.25, 0.3) is 0 Å². The summed E-state index contributed by atoms with van der Waals surface area (Å²) in [5.41, 5.74) is 0.567. The van der Waals surface area contributed by atoms with Crippen molar-refractivity contribution in [3.63, 3.8) is 0 Å². The van der Waals surface area contributed by atoms with Crippen molar-refractivity contribution >= 4 is 5.97 Å². The van der Waals surface area contributed by atoms with Crippen molar-refractivity contribution in [2.75, 3.05) is 14.2 Å². The van der Waals surface area contributed by atoms with Gasteiger partial charge in [0.1, 0.15) is 11.5 Å². The molecule has 17 heavy (non-hydrogen) atoms. The number of methoxy groups -OCH3 is 2. The third-order valence-electron chi connectivity index (χ3n) is 3.56. The number of hydrogen-bond acceptors (Lipinski definition) is 3. The van der Waals surface area contributed by atoms with Gasteiger partial charge in [-0.25, -0.2) is 0 Å². The Labute approximate surface area is 100 Å². The lowest BCUT2D eigenvalue weighted by atomic mass is 9.94. The standard InChI is InChI=1S/C13H16O4/c1-13(7-10(13)12(14)15)9-6-8(16-2)4-5-11(9)17-3/h4-6,10H,7H2,1-3H3,(H,14,15). The molecule has 0 bridgehead atoms. The van der Waals surface area contributed by atoms with Crippen molar-refractivity contribution in [1.29, 1.82) is 0 Å². The molecule has 2 unspecified atom stereocenters. The van der Waals surface area contributed by atoms with Crippen LogP contribution in [-0.2, 0) is 10.2 Å². The lowest BCUT2D eigenvalue weighted by Crippen LogP contribution is -2.12. The second-order valence-corrected chi connectivity index (χ2v) is 4.58. The average molecular weight is 236 g/mol. The van der Waals surface area contributed by atoms with E-state index < -0.39 is 5.97 Å². The van der Waals surface area contributed by atoms with E-state index in [4.69, 9.17) is 14.6 Å². The molecule has 4 nitrogen and oxygen atoms in total. The number of aliphatic carboxylic acids is 1. The third kappa shape index (κ3) is 1.84. The Bertz CT molecular complexity index is 455. The molecular weight excluding hydrogens is 220 g/mol. The van der Waals surface area contributed by atoms with Gasteiger partial charge in [-0.1, -0.05) is 6.92 Å². The molecule has 92 valence electrons. The van der Waals surface area contributed by atoms with Gasteiger partial charge in [-0.3, -0.25) is 4.79 Å². The number of ether oxygens (including phenoxy) is 2. The lowest BCUT2D eigenvalue weighted by Gasteiger charge is -2.16. The van der Waals surface area contributed by atoms with Gasteiger partial charge in [-0.15, -0.1) is 0 Å². The van der Waals surface area contributed by atoms with Crippen LogP contribution in [0.15, 0.2) is 18.2 Å². The van der Waals surface area contributed by atoms with Crippen LogP contribution in [0.2, 0.25) is 0 Å². The first-order chi connectivity index (χ1) is 8.02. The summed E-state index contributed by atoms with van der Waals surface area (Å²) >= 11 is 0. The fraction of sp³-hybridized carbons (Fsp3) is 0.462. The molecule has 1 N–H and O–H groups in total. The molecule has 0 amide bonds. The molecule has 0 heterocycles. The monoisotopic (exact) mass is 236 g/mol. The predicted molar refractivity (Wildman–Crippen MR) is 62.6 cm³/mol. The van der Waals surface area contributed by atoms with E-state index >= 15 is 0 Å². The highest BCUT2D eigenvalue weighted by Gasteiger charge is 2.57. The van der Waals surface area contributed by atoms with Gasteiger partial charge in [0.05, 0.1) is 20.1 Å². The van der Waals surface area contributed by atoms with Gasteiger partial charge in [-0.05, 0) is 24.6 Å². The van der Waals surface area contributed by atoms with E-state index in [0.717, 1.165) is 17.1 Å². The Hall–Kier alpha value is -1.71. The molecule has 2 atom stereocenters. The van der Waals surface area contributed by atoms with Gasteiger partial charge in [0.25, 0.3) is 0 Å². The molecule has 0 aromatic heterocycles. The quantitative estimate of drug-likeness (QED) is 0.869. The molecule has 4 heteroatoms. The SMILES string of the molecule is COc1ccc(OC)c(C2(C)CC2C(=O)O)c1. The Morgan fingerprint density at radius 3 is 2.59 bits per heavy atom. The molecule has 1 aromatic carbocycles. The van der Waals surface area contributed by atoms with Crippen LogP contribution in [0.5, 0.6) is 11.5 Å². The van der Waals surface area contributed by atoms with E-state index in [1.807, 2.05) is 25.1 Å². The lowest BCUT2D eigenvalue weighted by molar-refractivity contribution is -0.138. The number of carboxylic acids is 1. The predicted octanol–water partition coefficient (Wildman–Crippen LogP) is 2.07. The van der Waals surface area contributed by atoms with Crippen LogP contribution in [0.1, 0.15) is 18.9 Å². The van der Waals surface area contributed by atoms with Gasteiger partial charge in [0.15, 0.2) is 0 Å². The number of benzene rings is 1. The van der Waals surface area contributed by atoms with Gasteiger partial charge in [-0.2, -0.15) is 0 Å². The zero-order valence-corrected chi connectivity index (χ0v) is 10.2. The second kappa shape index (κ2) is 3.95. The summed E-state index contributed by atoms with van der Waals surface area (Å²) in [5, 5.41) is 9.07. The molecule has 0 saturated heterocycles. The van der Waals surface area contributed by atoms with Crippen molar-refractivity contribution < 1.29 is 19.4 Å². The highest BCUT2D eigenvalue weighted by atomic mass is 16.5. The maximum Gasteiger partial charge on any atom is 0.307 e. The molecule has 1 aliphatic carbocycles. The molecule has 1 saturated carbocycles. The minimum Gasteiger partial charge on any atom is -0.497 e. The Morgan fingerprint density at radius 2 is 2.12 bits per heavy atom. The average Bonchev–Trinajstić information content (AvgIpc) is 3.02. The van der Waals surface area contributed by atoms with Crippen LogP contribution >= 0.6 is 0 Å². The van der Waals surface area contributed by atoms with Crippen LogP contribution < -0.4 is 9.47 Å². The Balaban J connectivity index is 2.41. The van der Waals surface area contributed by atoms with Crippen LogP contribution in [0, 0.1) is 5.92 Å². The summed E-state index contributed by atoms with van der Waals surface area (Å²) < 4.78 is 10.5. The van der Waals surface area contributed by atoms with Gasteiger partial charge >= 0.3 is 5.97 Å². The van der Waals surface area contributed by atoms with E-state index in [2.05, 4.69) is 0 Å². The summed E-state index contributed by atoms with van der Waals surface area (Å²) in [6.45, 7) is 1.95. The maximum atomic E-state index is 11.0. The first kappa shape index (κ1) is 11.8. The molecule has 1 aromatic rings. The molecular formula is C13H16O4. The minimum atomic E-state index is -0.752. The summed E-state index contributed by atoms with van der Waals surface area (Å²) in [6, 6.07) is 5.49. The number of carboxylic acid groups (broad SMARTS) is 1. The molecule has 2 rings (SSSR count). The van der Waals surface area contributed by atoms with Crippen molar-refractivity contribution in [2.24, 2.45) is 5.92 Å². The molecule has 0 aliphatic heterocycles. The maximum absolute atomic E-state index is 11.0. The highest BCUT2D eigenvalue weighted by molar-refractivity contribution is 5.77. The van der Waals surface area contributed by atoms with E-state index in [1.54, 1.807) is 14.2 Å². The number of rotatable bonds is 4. The van der Waals surface area contributed by atoms with Gasteiger partial charge in [0.2, 0.25) is 0 Å². The van der Waals surface area contributed by atoms with Gasteiger partial charge < -0.3 is 14.6 Å². The summed E-state index contributed by atoms with van der Waals surface area (Å²) in [6.07, 6.45) is 0.645. The first-order valence-corrected chi connectivity index (χ1v) is 5.48. The van der Waals surface area contributed by atoms with Crippen molar-refractivity contribution in [2.45, 2.75) is 18.8 Å². The summed E-state index contributed by atoms with van der Waals surface area (Å²) in [7, 11) is 3.18. The Morgan fingerprint density at radius 1 is 1.41 bits per heavy atom. The van der Waals surface area contributed by atoms with E-state index in [1.165, 1.54) is 0 Å². The topological polar surface area (TPSA) is 55.8 Å². The smallest absolute Gasteiger partial charge is 0.307 e. The van der Waals surface area contributed by atoms with E-state index in [0.29, 0.717) is 6.42 Å². The molecule has 0 radical (unpaired) electrons. The van der Waals surface area contributed by atoms with Crippen LogP contribution in [-0.4, -0.2) is 25.3 Å². The third-order valence-corrected chi connectivity index (χ3v) is 3.56. The summed E-state index contributed by atoms with van der Waals surface area (Å²) in [4.78, 5) is 11.0. The van der Waals surface area contributed by atoms with Gasteiger partial charge in [0, 0.05) is 11.0 Å². The molecule has 0 spiro atoms. The van der Waals surface area contributed by atoms with Crippen molar-refractivity contribution in [3.8, 4) is 11.5 Å².